The first-order valence-corrected chi connectivity index (χ1v) is 11.0. The maximum absolute atomic E-state index is 12.6. The number of carbonyl (C=O) groups excluding carboxylic acids is 1. The summed E-state index contributed by atoms with van der Waals surface area (Å²) in [5.74, 6) is -0.762. The highest BCUT2D eigenvalue weighted by Crippen LogP contribution is 2.16. The molecule has 1 amide bonds. The van der Waals surface area contributed by atoms with Crippen molar-refractivity contribution in [1.82, 2.24) is 24.9 Å². The molecule has 0 atom stereocenters. The van der Waals surface area contributed by atoms with Gasteiger partial charge in [0.15, 0.2) is 11.4 Å². The van der Waals surface area contributed by atoms with E-state index in [0.29, 0.717) is 11.1 Å². The summed E-state index contributed by atoms with van der Waals surface area (Å²) in [7, 11) is 0. The van der Waals surface area contributed by atoms with Gasteiger partial charge in [0.25, 0.3) is 0 Å². The average Bonchev–Trinajstić information content (AvgIpc) is 3.41. The lowest BCUT2D eigenvalue weighted by molar-refractivity contribution is 0.0865. The van der Waals surface area contributed by atoms with Gasteiger partial charge in [0, 0.05) is 25.7 Å². The molecule has 2 aromatic heterocycles. The molecule has 1 N–H and O–H groups in total. The van der Waals surface area contributed by atoms with Gasteiger partial charge in [-0.3, -0.25) is 14.3 Å². The lowest BCUT2D eigenvalue weighted by atomic mass is 10.0. The molecule has 1 fully saturated rings. The Bertz CT molecular complexity index is 1320. The van der Waals surface area contributed by atoms with Crippen LogP contribution >= 0.6 is 0 Å². The molecule has 1 aliphatic rings. The zero-order valence-corrected chi connectivity index (χ0v) is 18.4. The molecule has 3 heterocycles. The first-order valence-electron chi connectivity index (χ1n) is 11.0. The average molecular weight is 447 g/mol. The van der Waals surface area contributed by atoms with Crippen molar-refractivity contribution in [2.45, 2.75) is 38.9 Å². The Morgan fingerprint density at radius 2 is 1.91 bits per heavy atom. The zero-order chi connectivity index (χ0) is 22.8. The lowest BCUT2D eigenvalue weighted by Crippen LogP contribution is -2.44. The summed E-state index contributed by atoms with van der Waals surface area (Å²) < 4.78 is 11.9. The second-order valence-corrected chi connectivity index (χ2v) is 8.45. The van der Waals surface area contributed by atoms with Gasteiger partial charge < -0.3 is 14.3 Å². The molecule has 4 aromatic rings. The molecule has 0 unspecified atom stereocenters. The zero-order valence-electron chi connectivity index (χ0n) is 18.4. The molecule has 170 valence electrons. The van der Waals surface area contributed by atoms with Crippen LogP contribution in [0, 0.1) is 6.92 Å². The van der Waals surface area contributed by atoms with Crippen LogP contribution in [-0.2, 0) is 13.1 Å². The van der Waals surface area contributed by atoms with Crippen LogP contribution in [0.15, 0.2) is 62.3 Å². The van der Waals surface area contributed by atoms with Gasteiger partial charge >= 0.3 is 17.6 Å². The molecule has 0 saturated carbocycles. The van der Waals surface area contributed by atoms with E-state index in [1.165, 1.54) is 10.1 Å². The fourth-order valence-corrected chi connectivity index (χ4v) is 4.20. The number of fused-ring (bicyclic) bond motifs is 1. The van der Waals surface area contributed by atoms with Crippen molar-refractivity contribution in [3.63, 3.8) is 0 Å². The van der Waals surface area contributed by atoms with Crippen LogP contribution in [0.25, 0.3) is 11.1 Å². The van der Waals surface area contributed by atoms with Gasteiger partial charge in [-0.25, -0.2) is 4.79 Å². The van der Waals surface area contributed by atoms with Crippen LogP contribution in [0.5, 0.6) is 0 Å². The molecule has 9 heteroatoms. The molecule has 0 aliphatic carbocycles. The number of aromatic nitrogens is 3. The number of hydrogen-bond donors (Lipinski definition) is 1. The van der Waals surface area contributed by atoms with E-state index in [-0.39, 0.29) is 24.3 Å². The minimum absolute atomic E-state index is 0.0586. The van der Waals surface area contributed by atoms with Crippen LogP contribution in [0.4, 0.5) is 0 Å². The third-order valence-electron chi connectivity index (χ3n) is 5.96. The summed E-state index contributed by atoms with van der Waals surface area (Å²) in [5, 5.41) is 6.87. The number of nitrogens with one attached hydrogen (secondary N) is 1. The minimum atomic E-state index is -0.506. The van der Waals surface area contributed by atoms with Crippen LogP contribution in [0.3, 0.4) is 0 Å². The Morgan fingerprint density at radius 1 is 1.12 bits per heavy atom. The Balaban J connectivity index is 1.18. The van der Waals surface area contributed by atoms with Crippen molar-refractivity contribution < 1.29 is 13.7 Å². The van der Waals surface area contributed by atoms with E-state index >= 15 is 0 Å². The first kappa shape index (κ1) is 21.1. The molecule has 2 aromatic carbocycles. The highest BCUT2D eigenvalue weighted by atomic mass is 16.5. The number of hydrogen-bond acceptors (Lipinski definition) is 7. The van der Waals surface area contributed by atoms with Crippen molar-refractivity contribution in [1.29, 1.82) is 0 Å². The third-order valence-corrected chi connectivity index (χ3v) is 5.96. The number of oxazole rings is 1. The third kappa shape index (κ3) is 4.73. The van der Waals surface area contributed by atoms with Crippen LogP contribution in [-0.4, -0.2) is 44.6 Å². The Kier molecular flexibility index (Phi) is 5.78. The number of piperidine rings is 1. The number of aryl methyl sites for hydroxylation is 1. The predicted octanol–water partition coefficient (Wildman–Crippen LogP) is 2.73. The number of amides is 1. The molecule has 0 bridgehead atoms. The summed E-state index contributed by atoms with van der Waals surface area (Å²) >= 11 is 0. The van der Waals surface area contributed by atoms with E-state index in [1.54, 1.807) is 6.07 Å². The number of rotatable bonds is 6. The maximum atomic E-state index is 12.6. The summed E-state index contributed by atoms with van der Waals surface area (Å²) in [6, 6.07) is 15.9. The summed E-state index contributed by atoms with van der Waals surface area (Å²) in [4.78, 5) is 31.4. The monoisotopic (exact) mass is 447 g/mol. The Hall–Kier alpha value is -3.72. The summed E-state index contributed by atoms with van der Waals surface area (Å²) in [6.45, 7) is 4.72. The molecule has 33 heavy (non-hydrogen) atoms. The summed E-state index contributed by atoms with van der Waals surface area (Å²) in [6.07, 6.45) is 1.71. The molecule has 1 saturated heterocycles. The van der Waals surface area contributed by atoms with Crippen LogP contribution in [0.1, 0.15) is 40.5 Å². The van der Waals surface area contributed by atoms with E-state index in [2.05, 4.69) is 32.5 Å². The predicted molar refractivity (Wildman–Crippen MR) is 121 cm³/mol. The van der Waals surface area contributed by atoms with Crippen LogP contribution < -0.4 is 11.1 Å². The van der Waals surface area contributed by atoms with Gasteiger partial charge in [0.05, 0.1) is 12.1 Å². The maximum Gasteiger partial charge on any atom is 0.420 e. The Labute approximate surface area is 190 Å². The van der Waals surface area contributed by atoms with Gasteiger partial charge in [-0.1, -0.05) is 41.6 Å². The van der Waals surface area contributed by atoms with E-state index in [9.17, 15) is 9.59 Å². The van der Waals surface area contributed by atoms with E-state index < -0.39 is 11.7 Å². The number of benzene rings is 2. The van der Waals surface area contributed by atoms with Crippen molar-refractivity contribution in [2.75, 3.05) is 13.1 Å². The quantitative estimate of drug-likeness (QED) is 0.484. The van der Waals surface area contributed by atoms with Gasteiger partial charge in [-0.05, 0) is 43.0 Å². The molecule has 0 spiro atoms. The second-order valence-electron chi connectivity index (χ2n) is 8.45. The highest BCUT2D eigenvalue weighted by molar-refractivity contribution is 5.89. The first-order chi connectivity index (χ1) is 16.0. The van der Waals surface area contributed by atoms with Crippen molar-refractivity contribution in [3.8, 4) is 0 Å². The largest absolute Gasteiger partial charge is 0.420 e. The fraction of sp³-hybridized carbons (Fsp3) is 0.333. The molecule has 1 aliphatic heterocycles. The van der Waals surface area contributed by atoms with Gasteiger partial charge in [0.1, 0.15) is 0 Å². The number of likely N-dealkylation sites (tertiary alicyclic amines) is 1. The lowest BCUT2D eigenvalue weighted by Gasteiger charge is -2.32. The molecular formula is C24H25N5O4. The van der Waals surface area contributed by atoms with Gasteiger partial charge in [-0.15, -0.1) is 0 Å². The molecule has 9 nitrogen and oxygen atoms in total. The van der Waals surface area contributed by atoms with Gasteiger partial charge in [0.2, 0.25) is 0 Å². The van der Waals surface area contributed by atoms with E-state index in [0.717, 1.165) is 38.0 Å². The van der Waals surface area contributed by atoms with Crippen molar-refractivity contribution >= 4 is 17.0 Å². The van der Waals surface area contributed by atoms with Crippen LogP contribution in [0.2, 0.25) is 0 Å². The smallest absolute Gasteiger partial charge is 0.408 e. The normalized spacial score (nSPS) is 15.2. The topological polar surface area (TPSA) is 106 Å². The Morgan fingerprint density at radius 3 is 2.70 bits per heavy atom. The molecule has 5 rings (SSSR count). The SMILES string of the molecule is Cc1ccc2oc(=O)n(Cc3noc(C(=O)NC4CCN(Cc5ccccc5)CC4)n3)c2c1. The molecular weight excluding hydrogens is 422 g/mol. The minimum Gasteiger partial charge on any atom is -0.408 e. The second kappa shape index (κ2) is 9.03. The summed E-state index contributed by atoms with van der Waals surface area (Å²) in [5.41, 5.74) is 3.43. The van der Waals surface area contributed by atoms with Crippen molar-refractivity contribution in [2.24, 2.45) is 0 Å². The fourth-order valence-electron chi connectivity index (χ4n) is 4.20. The van der Waals surface area contributed by atoms with Crippen molar-refractivity contribution in [3.05, 3.63) is 81.9 Å². The van der Waals surface area contributed by atoms with E-state index in [1.807, 2.05) is 37.3 Å². The standard InChI is InChI=1S/C24H25N5O4/c1-16-7-8-20-19(13-16)29(24(31)32-20)15-21-26-23(33-27-21)22(30)25-18-9-11-28(12-10-18)14-17-5-3-2-4-6-17/h2-8,13,18H,9-12,14-15H2,1H3,(H,25,30). The number of nitrogens with zero attached hydrogens (tertiary/aromatic N) is 4. The van der Waals surface area contributed by atoms with E-state index in [4.69, 9.17) is 8.94 Å². The molecule has 0 radical (unpaired) electrons. The highest BCUT2D eigenvalue weighted by Gasteiger charge is 2.24. The van der Waals surface area contributed by atoms with Gasteiger partial charge in [-0.2, -0.15) is 4.98 Å². The number of carbonyl (C=O) groups is 1.